The highest BCUT2D eigenvalue weighted by Gasteiger charge is 2.26. The van der Waals surface area contributed by atoms with E-state index in [4.69, 9.17) is 0 Å². The van der Waals surface area contributed by atoms with Crippen molar-refractivity contribution in [3.63, 3.8) is 0 Å². The van der Waals surface area contributed by atoms with Gasteiger partial charge in [-0.1, -0.05) is 6.92 Å². The Morgan fingerprint density at radius 1 is 1.36 bits per heavy atom. The number of amides is 2. The van der Waals surface area contributed by atoms with Crippen molar-refractivity contribution in [2.75, 3.05) is 0 Å². The molecule has 1 rings (SSSR count). The zero-order valence-corrected chi connectivity index (χ0v) is 8.46. The molecule has 1 unspecified atom stereocenters. The smallest absolute Gasteiger partial charge is 0.254 e. The fourth-order valence-electron chi connectivity index (χ4n) is 1.40. The Kier molecular flexibility index (Phi) is 3.41. The van der Waals surface area contributed by atoms with Crippen molar-refractivity contribution in [1.82, 2.24) is 5.32 Å². The SMILES string of the molecule is CCC(O)CCC1=C(C)C(=O)NC1=O. The summed E-state index contributed by atoms with van der Waals surface area (Å²) in [5.74, 6) is -0.619. The summed E-state index contributed by atoms with van der Waals surface area (Å²) < 4.78 is 0. The third-order valence-corrected chi connectivity index (χ3v) is 2.49. The summed E-state index contributed by atoms with van der Waals surface area (Å²) in [6.07, 6.45) is 1.28. The maximum Gasteiger partial charge on any atom is 0.254 e. The van der Waals surface area contributed by atoms with Crippen molar-refractivity contribution >= 4 is 11.8 Å². The maximum atomic E-state index is 11.2. The number of carbonyl (C=O) groups is 2. The van der Waals surface area contributed by atoms with Gasteiger partial charge in [-0.2, -0.15) is 0 Å². The topological polar surface area (TPSA) is 66.4 Å². The highest BCUT2D eigenvalue weighted by Crippen LogP contribution is 2.18. The van der Waals surface area contributed by atoms with Crippen molar-refractivity contribution in [1.29, 1.82) is 0 Å². The predicted octanol–water partition coefficient (Wildman–Crippen LogP) is 0.510. The van der Waals surface area contributed by atoms with Crippen LogP contribution in [0.2, 0.25) is 0 Å². The molecule has 0 radical (unpaired) electrons. The molecule has 0 saturated heterocycles. The molecular formula is C10H15NO3. The van der Waals surface area contributed by atoms with Crippen LogP contribution in [0.1, 0.15) is 33.1 Å². The second-order valence-electron chi connectivity index (χ2n) is 3.49. The lowest BCUT2D eigenvalue weighted by Gasteiger charge is -2.06. The number of nitrogens with one attached hydrogen (secondary N) is 1. The predicted molar refractivity (Wildman–Crippen MR) is 51.4 cm³/mol. The number of imide groups is 1. The van der Waals surface area contributed by atoms with Crippen LogP contribution >= 0.6 is 0 Å². The summed E-state index contributed by atoms with van der Waals surface area (Å²) in [7, 11) is 0. The first-order chi connectivity index (χ1) is 6.56. The average Bonchev–Trinajstić information content (AvgIpc) is 2.39. The maximum absolute atomic E-state index is 11.2. The van der Waals surface area contributed by atoms with Crippen LogP contribution in [0, 0.1) is 0 Å². The molecule has 0 aliphatic carbocycles. The molecular weight excluding hydrogens is 182 g/mol. The number of aliphatic hydroxyl groups is 1. The van der Waals surface area contributed by atoms with Crippen LogP contribution in [0.3, 0.4) is 0 Å². The minimum atomic E-state index is -0.390. The van der Waals surface area contributed by atoms with Gasteiger partial charge in [0.15, 0.2) is 0 Å². The summed E-state index contributed by atoms with van der Waals surface area (Å²) in [5.41, 5.74) is 1.00. The normalized spacial score (nSPS) is 18.8. The van der Waals surface area contributed by atoms with Crippen LogP contribution in [0.5, 0.6) is 0 Å². The number of aliphatic hydroxyl groups excluding tert-OH is 1. The van der Waals surface area contributed by atoms with Gasteiger partial charge < -0.3 is 5.11 Å². The summed E-state index contributed by atoms with van der Waals surface area (Å²) in [6, 6.07) is 0. The van der Waals surface area contributed by atoms with Crippen molar-refractivity contribution in [3.8, 4) is 0 Å². The van der Waals surface area contributed by atoms with E-state index in [1.165, 1.54) is 0 Å². The first kappa shape index (κ1) is 10.9. The van der Waals surface area contributed by atoms with Gasteiger partial charge in [0.05, 0.1) is 6.10 Å². The Morgan fingerprint density at radius 2 is 2.00 bits per heavy atom. The van der Waals surface area contributed by atoms with Crippen LogP contribution in [0.15, 0.2) is 11.1 Å². The van der Waals surface area contributed by atoms with E-state index in [0.29, 0.717) is 30.4 Å². The minimum Gasteiger partial charge on any atom is -0.393 e. The molecule has 0 aromatic heterocycles. The lowest BCUT2D eigenvalue weighted by molar-refractivity contribution is -0.124. The van der Waals surface area contributed by atoms with Crippen molar-refractivity contribution in [2.45, 2.75) is 39.2 Å². The molecule has 1 aliphatic rings. The first-order valence-electron chi connectivity index (χ1n) is 4.79. The minimum absolute atomic E-state index is 0.309. The quantitative estimate of drug-likeness (QED) is 0.645. The Hall–Kier alpha value is -1.16. The molecule has 4 nitrogen and oxygen atoms in total. The third-order valence-electron chi connectivity index (χ3n) is 2.49. The number of hydrogen-bond donors (Lipinski definition) is 2. The Labute approximate surface area is 83.0 Å². The van der Waals surface area contributed by atoms with E-state index < -0.39 is 0 Å². The van der Waals surface area contributed by atoms with E-state index in [1.807, 2.05) is 6.92 Å². The van der Waals surface area contributed by atoms with Crippen molar-refractivity contribution < 1.29 is 14.7 Å². The first-order valence-corrected chi connectivity index (χ1v) is 4.79. The van der Waals surface area contributed by atoms with E-state index in [9.17, 15) is 14.7 Å². The molecule has 0 saturated carbocycles. The van der Waals surface area contributed by atoms with E-state index in [0.717, 1.165) is 0 Å². The second-order valence-corrected chi connectivity index (χ2v) is 3.49. The Morgan fingerprint density at radius 3 is 2.43 bits per heavy atom. The zero-order valence-electron chi connectivity index (χ0n) is 8.46. The molecule has 0 aromatic carbocycles. The molecule has 2 amide bonds. The van der Waals surface area contributed by atoms with E-state index in [2.05, 4.69) is 5.32 Å². The molecule has 1 atom stereocenters. The van der Waals surface area contributed by atoms with E-state index in [1.54, 1.807) is 6.92 Å². The molecule has 4 heteroatoms. The summed E-state index contributed by atoms with van der Waals surface area (Å²) in [4.78, 5) is 22.3. The highest BCUT2D eigenvalue weighted by molar-refractivity contribution is 6.19. The van der Waals surface area contributed by atoms with Crippen molar-refractivity contribution in [3.05, 3.63) is 11.1 Å². The van der Waals surface area contributed by atoms with Gasteiger partial charge in [-0.25, -0.2) is 0 Å². The van der Waals surface area contributed by atoms with Gasteiger partial charge >= 0.3 is 0 Å². The molecule has 14 heavy (non-hydrogen) atoms. The van der Waals surface area contributed by atoms with Gasteiger partial charge in [-0.3, -0.25) is 14.9 Å². The molecule has 1 aliphatic heterocycles. The van der Waals surface area contributed by atoms with Gasteiger partial charge in [0, 0.05) is 11.1 Å². The number of carbonyl (C=O) groups excluding carboxylic acids is 2. The average molecular weight is 197 g/mol. The standard InChI is InChI=1S/C10H15NO3/c1-3-7(12)4-5-8-6(2)9(13)11-10(8)14/h7,12H,3-5H2,1-2H3,(H,11,13,14). The lowest BCUT2D eigenvalue weighted by Crippen LogP contribution is -2.23. The molecule has 1 heterocycles. The largest absolute Gasteiger partial charge is 0.393 e. The van der Waals surface area contributed by atoms with Crippen LogP contribution in [0.25, 0.3) is 0 Å². The van der Waals surface area contributed by atoms with Gasteiger partial charge in [0.1, 0.15) is 0 Å². The van der Waals surface area contributed by atoms with Gasteiger partial charge in [0.25, 0.3) is 11.8 Å². The number of hydrogen-bond acceptors (Lipinski definition) is 3. The zero-order chi connectivity index (χ0) is 10.7. The van der Waals surface area contributed by atoms with Gasteiger partial charge in [-0.15, -0.1) is 0 Å². The summed E-state index contributed by atoms with van der Waals surface area (Å²) >= 11 is 0. The van der Waals surface area contributed by atoms with Crippen LogP contribution in [0.4, 0.5) is 0 Å². The van der Waals surface area contributed by atoms with Crippen LogP contribution in [-0.2, 0) is 9.59 Å². The molecule has 0 aromatic rings. The molecule has 0 spiro atoms. The number of rotatable bonds is 4. The summed E-state index contributed by atoms with van der Waals surface area (Å²) in [5, 5.41) is 11.5. The molecule has 2 N–H and O–H groups in total. The van der Waals surface area contributed by atoms with Crippen LogP contribution in [-0.4, -0.2) is 23.0 Å². The van der Waals surface area contributed by atoms with Gasteiger partial charge in [0.2, 0.25) is 0 Å². The Balaban J connectivity index is 2.59. The molecule has 0 fully saturated rings. The van der Waals surface area contributed by atoms with E-state index in [-0.39, 0.29) is 17.9 Å². The van der Waals surface area contributed by atoms with Crippen LogP contribution < -0.4 is 5.32 Å². The molecule has 0 bridgehead atoms. The monoisotopic (exact) mass is 197 g/mol. The fourth-order valence-corrected chi connectivity index (χ4v) is 1.40. The fraction of sp³-hybridized carbons (Fsp3) is 0.600. The second kappa shape index (κ2) is 4.37. The summed E-state index contributed by atoms with van der Waals surface area (Å²) in [6.45, 7) is 3.51. The van der Waals surface area contributed by atoms with Gasteiger partial charge in [-0.05, 0) is 26.2 Å². The Bertz CT molecular complexity index is 294. The van der Waals surface area contributed by atoms with E-state index >= 15 is 0 Å². The highest BCUT2D eigenvalue weighted by atomic mass is 16.3. The third kappa shape index (κ3) is 2.20. The molecule has 78 valence electrons. The van der Waals surface area contributed by atoms with Crippen molar-refractivity contribution in [2.24, 2.45) is 0 Å². The lowest BCUT2D eigenvalue weighted by atomic mass is 10.0.